The second-order valence-electron chi connectivity index (χ2n) is 5.94. The van der Waals surface area contributed by atoms with Crippen molar-refractivity contribution < 1.29 is 4.42 Å². The van der Waals surface area contributed by atoms with Crippen molar-refractivity contribution in [3.8, 4) is 11.4 Å². The number of aromatic nitrogens is 3. The Labute approximate surface area is 168 Å². The van der Waals surface area contributed by atoms with Crippen LogP contribution < -0.4 is 5.63 Å². The van der Waals surface area contributed by atoms with Crippen molar-refractivity contribution in [3.05, 3.63) is 75.1 Å². The molecule has 2 heterocycles. The molecule has 0 fully saturated rings. The molecular weight excluding hydrogens is 426 g/mol. The standard InChI is InChI=1S/C20H16BrN3O2S/c1-2-24-19(13-6-4-3-5-7-13)22-23-20(24)27-12-14-10-18(25)26-17-11-15(21)8-9-16(14)17/h3-11H,2,12H2,1H3. The molecule has 4 rings (SSSR count). The maximum atomic E-state index is 11.9. The van der Waals surface area contributed by atoms with E-state index in [1.54, 1.807) is 17.8 Å². The van der Waals surface area contributed by atoms with Crippen molar-refractivity contribution in [2.45, 2.75) is 24.4 Å². The first-order valence-corrected chi connectivity index (χ1v) is 10.3. The van der Waals surface area contributed by atoms with Crippen molar-refractivity contribution in [3.63, 3.8) is 0 Å². The summed E-state index contributed by atoms with van der Waals surface area (Å²) < 4.78 is 8.28. The zero-order chi connectivity index (χ0) is 18.8. The maximum Gasteiger partial charge on any atom is 0.336 e. The first-order valence-electron chi connectivity index (χ1n) is 8.49. The summed E-state index contributed by atoms with van der Waals surface area (Å²) in [5.41, 5.74) is 2.19. The molecule has 0 spiro atoms. The van der Waals surface area contributed by atoms with Gasteiger partial charge in [0.25, 0.3) is 0 Å². The number of nitrogens with zero attached hydrogens (tertiary/aromatic N) is 3. The molecule has 4 aromatic rings. The molecule has 7 heteroatoms. The molecule has 0 bridgehead atoms. The molecule has 0 radical (unpaired) electrons. The fourth-order valence-corrected chi connectivity index (χ4v) is 4.28. The molecule has 2 aromatic heterocycles. The third-order valence-electron chi connectivity index (χ3n) is 4.21. The fraction of sp³-hybridized carbons (Fsp3) is 0.150. The van der Waals surface area contributed by atoms with Gasteiger partial charge >= 0.3 is 5.63 Å². The highest BCUT2D eigenvalue weighted by molar-refractivity contribution is 9.10. The number of rotatable bonds is 5. The van der Waals surface area contributed by atoms with E-state index in [1.807, 2.05) is 48.5 Å². The van der Waals surface area contributed by atoms with Crippen molar-refractivity contribution in [1.29, 1.82) is 0 Å². The Hall–Kier alpha value is -2.38. The Morgan fingerprint density at radius 1 is 1.11 bits per heavy atom. The van der Waals surface area contributed by atoms with E-state index >= 15 is 0 Å². The second kappa shape index (κ2) is 7.70. The number of hydrogen-bond donors (Lipinski definition) is 0. The molecule has 27 heavy (non-hydrogen) atoms. The molecule has 0 amide bonds. The molecule has 0 atom stereocenters. The summed E-state index contributed by atoms with van der Waals surface area (Å²) in [7, 11) is 0. The van der Waals surface area contributed by atoms with Gasteiger partial charge in [0.05, 0.1) is 0 Å². The summed E-state index contributed by atoms with van der Waals surface area (Å²) in [4.78, 5) is 11.9. The van der Waals surface area contributed by atoms with Gasteiger partial charge in [0.15, 0.2) is 11.0 Å². The van der Waals surface area contributed by atoms with Crippen LogP contribution in [0.3, 0.4) is 0 Å². The molecule has 2 aromatic carbocycles. The molecule has 0 saturated carbocycles. The maximum absolute atomic E-state index is 11.9. The minimum absolute atomic E-state index is 0.349. The van der Waals surface area contributed by atoms with Gasteiger partial charge in [0.2, 0.25) is 0 Å². The average Bonchev–Trinajstić information content (AvgIpc) is 3.09. The van der Waals surface area contributed by atoms with E-state index in [4.69, 9.17) is 4.42 Å². The molecule has 5 nitrogen and oxygen atoms in total. The van der Waals surface area contributed by atoms with Gasteiger partial charge in [0, 0.05) is 33.8 Å². The summed E-state index contributed by atoms with van der Waals surface area (Å²) in [6.45, 7) is 2.84. The minimum atomic E-state index is -0.349. The van der Waals surface area contributed by atoms with Crippen molar-refractivity contribution in [2.75, 3.05) is 0 Å². The van der Waals surface area contributed by atoms with E-state index in [1.165, 1.54) is 0 Å². The van der Waals surface area contributed by atoms with E-state index in [0.717, 1.165) is 38.5 Å². The quantitative estimate of drug-likeness (QED) is 0.317. The van der Waals surface area contributed by atoms with Crippen LogP contribution in [0.4, 0.5) is 0 Å². The predicted molar refractivity (Wildman–Crippen MR) is 111 cm³/mol. The van der Waals surface area contributed by atoms with Crippen LogP contribution in [0.25, 0.3) is 22.4 Å². The Balaban J connectivity index is 1.66. The van der Waals surface area contributed by atoms with Gasteiger partial charge in [-0.2, -0.15) is 0 Å². The van der Waals surface area contributed by atoms with Crippen LogP contribution in [0.5, 0.6) is 0 Å². The highest BCUT2D eigenvalue weighted by Crippen LogP contribution is 2.29. The minimum Gasteiger partial charge on any atom is -0.423 e. The van der Waals surface area contributed by atoms with E-state index in [-0.39, 0.29) is 5.63 Å². The van der Waals surface area contributed by atoms with Crippen LogP contribution in [0, 0.1) is 0 Å². The third kappa shape index (κ3) is 3.70. The summed E-state index contributed by atoms with van der Waals surface area (Å²) in [6, 6.07) is 17.3. The fourth-order valence-electron chi connectivity index (χ4n) is 2.95. The van der Waals surface area contributed by atoms with Gasteiger partial charge in [-0.05, 0) is 30.7 Å². The molecule has 0 saturated heterocycles. The third-order valence-corrected chi connectivity index (χ3v) is 5.72. The topological polar surface area (TPSA) is 60.9 Å². The van der Waals surface area contributed by atoms with E-state index in [2.05, 4.69) is 37.6 Å². The van der Waals surface area contributed by atoms with Crippen molar-refractivity contribution >= 4 is 38.7 Å². The lowest BCUT2D eigenvalue weighted by Crippen LogP contribution is -2.02. The van der Waals surface area contributed by atoms with Crippen LogP contribution in [-0.2, 0) is 12.3 Å². The van der Waals surface area contributed by atoms with Crippen LogP contribution in [0.2, 0.25) is 0 Å². The van der Waals surface area contributed by atoms with Crippen LogP contribution in [0.1, 0.15) is 12.5 Å². The Kier molecular flexibility index (Phi) is 5.13. The molecule has 0 unspecified atom stereocenters. The molecule has 0 N–H and O–H groups in total. The lowest BCUT2D eigenvalue weighted by atomic mass is 10.1. The lowest BCUT2D eigenvalue weighted by molar-refractivity contribution is 0.559. The Morgan fingerprint density at radius 2 is 1.93 bits per heavy atom. The zero-order valence-electron chi connectivity index (χ0n) is 14.6. The molecule has 0 aliphatic rings. The zero-order valence-corrected chi connectivity index (χ0v) is 17.0. The normalized spacial score (nSPS) is 11.2. The highest BCUT2D eigenvalue weighted by Gasteiger charge is 2.14. The van der Waals surface area contributed by atoms with Crippen LogP contribution in [-0.4, -0.2) is 14.8 Å². The smallest absolute Gasteiger partial charge is 0.336 e. The first kappa shape index (κ1) is 18.0. The number of halogens is 1. The van der Waals surface area contributed by atoms with E-state index in [9.17, 15) is 4.79 Å². The summed E-state index contributed by atoms with van der Waals surface area (Å²) in [5, 5.41) is 10.5. The highest BCUT2D eigenvalue weighted by atomic mass is 79.9. The lowest BCUT2D eigenvalue weighted by Gasteiger charge is -2.08. The summed E-state index contributed by atoms with van der Waals surface area (Å²) in [6.07, 6.45) is 0. The SMILES string of the molecule is CCn1c(SCc2cc(=O)oc3cc(Br)ccc23)nnc1-c1ccccc1. The van der Waals surface area contributed by atoms with Gasteiger partial charge < -0.3 is 8.98 Å². The molecule has 0 aliphatic heterocycles. The van der Waals surface area contributed by atoms with E-state index < -0.39 is 0 Å². The predicted octanol–water partition coefficient (Wildman–Crippen LogP) is 5.13. The van der Waals surface area contributed by atoms with Gasteiger partial charge in [-0.15, -0.1) is 10.2 Å². The van der Waals surface area contributed by atoms with Crippen molar-refractivity contribution in [1.82, 2.24) is 14.8 Å². The van der Waals surface area contributed by atoms with Gasteiger partial charge in [-0.3, -0.25) is 0 Å². The van der Waals surface area contributed by atoms with Crippen molar-refractivity contribution in [2.24, 2.45) is 0 Å². The Bertz CT molecular complexity index is 1160. The number of benzene rings is 2. The Morgan fingerprint density at radius 3 is 2.70 bits per heavy atom. The number of thioether (sulfide) groups is 1. The van der Waals surface area contributed by atoms with Gasteiger partial charge in [-0.25, -0.2) is 4.79 Å². The molecule has 136 valence electrons. The summed E-state index contributed by atoms with van der Waals surface area (Å²) in [5.74, 6) is 1.46. The largest absolute Gasteiger partial charge is 0.423 e. The molecular formula is C20H16BrN3O2S. The first-order chi connectivity index (χ1) is 13.2. The van der Waals surface area contributed by atoms with Gasteiger partial charge in [-0.1, -0.05) is 58.0 Å². The van der Waals surface area contributed by atoms with Crippen LogP contribution >= 0.6 is 27.7 Å². The number of hydrogen-bond acceptors (Lipinski definition) is 5. The van der Waals surface area contributed by atoms with Gasteiger partial charge in [0.1, 0.15) is 5.58 Å². The average molecular weight is 442 g/mol. The summed E-state index contributed by atoms with van der Waals surface area (Å²) >= 11 is 4.98. The monoisotopic (exact) mass is 441 g/mol. The number of fused-ring (bicyclic) bond motifs is 1. The van der Waals surface area contributed by atoms with Crippen LogP contribution in [0.15, 0.2) is 73.4 Å². The van der Waals surface area contributed by atoms with E-state index in [0.29, 0.717) is 11.3 Å². The molecule has 0 aliphatic carbocycles. The second-order valence-corrected chi connectivity index (χ2v) is 7.79.